The van der Waals surface area contributed by atoms with Gasteiger partial charge in [0.25, 0.3) is 0 Å². The van der Waals surface area contributed by atoms with Crippen LogP contribution in [0.25, 0.3) is 0 Å². The predicted molar refractivity (Wildman–Crippen MR) is 177 cm³/mol. The van der Waals surface area contributed by atoms with Crippen LogP contribution in [0.4, 0.5) is 0 Å². The highest BCUT2D eigenvalue weighted by molar-refractivity contribution is 6.86. The summed E-state index contributed by atoms with van der Waals surface area (Å²) in [6.45, 7) is 12.1. The Balaban J connectivity index is 1.45. The second kappa shape index (κ2) is 15.9. The van der Waals surface area contributed by atoms with Crippen molar-refractivity contribution in [3.8, 4) is 0 Å². The lowest BCUT2D eigenvalue weighted by molar-refractivity contribution is -0.302. The molecule has 5 rings (SSSR count). The van der Waals surface area contributed by atoms with E-state index in [1.807, 2.05) is 42.5 Å². The maximum absolute atomic E-state index is 9.90. The van der Waals surface area contributed by atoms with Gasteiger partial charge >= 0.3 is 0 Å². The van der Waals surface area contributed by atoms with Gasteiger partial charge in [-0.05, 0) is 24.0 Å². The van der Waals surface area contributed by atoms with Gasteiger partial charge in [-0.15, -0.1) is 6.58 Å². The minimum atomic E-state index is -1.68. The van der Waals surface area contributed by atoms with Crippen molar-refractivity contribution < 1.29 is 28.8 Å². The van der Waals surface area contributed by atoms with Crippen LogP contribution in [0.3, 0.4) is 0 Å². The molecule has 240 valence electrons. The highest BCUT2D eigenvalue weighted by atomic mass is 28.3. The Morgan fingerprint density at radius 3 is 2.00 bits per heavy atom. The maximum Gasteiger partial charge on any atom is 0.115 e. The third kappa shape index (κ3) is 7.64. The molecule has 2 aromatic carbocycles. The van der Waals surface area contributed by atoms with E-state index in [-0.39, 0.29) is 55.4 Å². The molecule has 44 heavy (non-hydrogen) atoms. The molecule has 0 aromatic heterocycles. The fourth-order valence-corrected chi connectivity index (χ4v) is 11.5. The Morgan fingerprint density at radius 2 is 1.43 bits per heavy atom. The Morgan fingerprint density at radius 1 is 0.818 bits per heavy atom. The predicted octanol–water partition coefficient (Wildman–Crippen LogP) is 7.17. The quantitative estimate of drug-likeness (QED) is 0.178. The van der Waals surface area contributed by atoms with Gasteiger partial charge in [0.05, 0.1) is 51.8 Å². The molecule has 3 heterocycles. The van der Waals surface area contributed by atoms with Gasteiger partial charge in [0.2, 0.25) is 0 Å². The third-order valence-corrected chi connectivity index (χ3v) is 16.0. The summed E-state index contributed by atoms with van der Waals surface area (Å²) in [5.41, 5.74) is 2.23. The van der Waals surface area contributed by atoms with Crippen LogP contribution in [0.15, 0.2) is 84.6 Å². The van der Waals surface area contributed by atoms with E-state index in [4.69, 9.17) is 23.7 Å². The van der Waals surface area contributed by atoms with Crippen LogP contribution in [0.2, 0.25) is 18.1 Å². The molecule has 0 unspecified atom stereocenters. The number of rotatable bonds is 14. The smallest absolute Gasteiger partial charge is 0.115 e. The van der Waals surface area contributed by atoms with Gasteiger partial charge in [0.1, 0.15) is 18.3 Å². The van der Waals surface area contributed by atoms with E-state index in [1.165, 1.54) is 23.3 Å². The first-order valence-electron chi connectivity index (χ1n) is 16.7. The molecule has 2 saturated heterocycles. The lowest BCUT2D eigenvalue weighted by Crippen LogP contribution is -2.64. The first-order valence-corrected chi connectivity index (χ1v) is 19.4. The van der Waals surface area contributed by atoms with Gasteiger partial charge in [-0.3, -0.25) is 0 Å². The summed E-state index contributed by atoms with van der Waals surface area (Å²) in [6.07, 6.45) is 5.45. The zero-order valence-electron chi connectivity index (χ0n) is 26.8. The third-order valence-electron chi connectivity index (χ3n) is 10.2. The molecule has 0 spiro atoms. The van der Waals surface area contributed by atoms with Crippen LogP contribution >= 0.6 is 0 Å². The average Bonchev–Trinajstić information content (AvgIpc) is 3.23. The summed E-state index contributed by atoms with van der Waals surface area (Å²) in [7, 11) is -1.68. The molecule has 3 aliphatic heterocycles. The molecule has 7 heteroatoms. The van der Waals surface area contributed by atoms with Gasteiger partial charge in [-0.25, -0.2) is 0 Å². The molecule has 2 aromatic rings. The second-order valence-corrected chi connectivity index (χ2v) is 17.9. The van der Waals surface area contributed by atoms with Crippen molar-refractivity contribution in [3.63, 3.8) is 0 Å². The van der Waals surface area contributed by atoms with E-state index in [0.29, 0.717) is 26.1 Å². The Hall–Kier alpha value is -2.10. The van der Waals surface area contributed by atoms with E-state index >= 15 is 0 Å². The highest BCUT2D eigenvalue weighted by Gasteiger charge is 2.53. The largest absolute Gasteiger partial charge is 0.396 e. The van der Waals surface area contributed by atoms with E-state index in [9.17, 15) is 5.11 Å². The van der Waals surface area contributed by atoms with Crippen LogP contribution in [-0.4, -0.2) is 68.6 Å². The van der Waals surface area contributed by atoms with E-state index in [2.05, 4.69) is 57.7 Å². The topological polar surface area (TPSA) is 66.4 Å². The Bertz CT molecular complexity index is 1180. The van der Waals surface area contributed by atoms with E-state index in [1.54, 1.807) is 0 Å². The summed E-state index contributed by atoms with van der Waals surface area (Å²) in [4.78, 5) is 0. The van der Waals surface area contributed by atoms with Crippen molar-refractivity contribution in [2.24, 2.45) is 0 Å². The Kier molecular flexibility index (Phi) is 12.1. The fraction of sp³-hybridized carbons (Fsp3) is 0.568. The number of aliphatic hydroxyl groups excluding tert-OH is 1. The number of hydrogen-bond acceptors (Lipinski definition) is 6. The van der Waals surface area contributed by atoms with Crippen molar-refractivity contribution >= 4 is 8.07 Å². The molecule has 0 aliphatic carbocycles. The summed E-state index contributed by atoms with van der Waals surface area (Å²) in [5, 5.41) is 11.4. The number of benzene rings is 2. The lowest BCUT2D eigenvalue weighted by atomic mass is 9.86. The van der Waals surface area contributed by atoms with Gasteiger partial charge in [0.15, 0.2) is 0 Å². The van der Waals surface area contributed by atoms with Gasteiger partial charge in [-0.1, -0.05) is 117 Å². The molecule has 2 fully saturated rings. The molecule has 6 nitrogen and oxygen atoms in total. The number of fused-ring (bicyclic) bond motifs is 2. The van der Waals surface area contributed by atoms with Crippen LogP contribution in [0, 0.1) is 0 Å². The van der Waals surface area contributed by atoms with Crippen molar-refractivity contribution in [1.82, 2.24) is 0 Å². The Labute approximate surface area is 265 Å². The summed E-state index contributed by atoms with van der Waals surface area (Å²) >= 11 is 0. The average molecular weight is 621 g/mol. The molecule has 0 amide bonds. The molecular weight excluding hydrogens is 568 g/mol. The molecule has 8 atom stereocenters. The standard InChI is InChI=1S/C37H52O6Si/c1-5-15-31-35(39-25-27-16-11-9-12-17-27)37(40-26-28-18-13-10-14-19-28)36-34(42-31)24-33-32(43-36)23-30(22-29(41-33)20-21-38)44(6-2,7-3)8-4/h5,9-14,16-19,22,29,31-38H,1,6-8,15,20-21,23-26H2,2-4H3/t29-,31+,32-,33+,34-,35+,36-,37-/m1/s1. The highest BCUT2D eigenvalue weighted by Crippen LogP contribution is 2.43. The number of ether oxygens (including phenoxy) is 5. The molecule has 1 N–H and O–H groups in total. The van der Waals surface area contributed by atoms with Crippen molar-refractivity contribution in [3.05, 3.63) is 95.7 Å². The van der Waals surface area contributed by atoms with Crippen LogP contribution in [0.1, 0.15) is 57.6 Å². The van der Waals surface area contributed by atoms with Crippen LogP contribution in [-0.2, 0) is 36.9 Å². The summed E-state index contributed by atoms with van der Waals surface area (Å²) < 4.78 is 34.2. The van der Waals surface area contributed by atoms with Crippen molar-refractivity contribution in [2.45, 2.75) is 127 Å². The molecule has 0 bridgehead atoms. The lowest BCUT2D eigenvalue weighted by Gasteiger charge is -2.51. The zero-order chi connectivity index (χ0) is 30.9. The molecule has 0 radical (unpaired) electrons. The van der Waals surface area contributed by atoms with Gasteiger partial charge in [-0.2, -0.15) is 0 Å². The van der Waals surface area contributed by atoms with Gasteiger partial charge in [0, 0.05) is 19.4 Å². The molecule has 0 saturated carbocycles. The van der Waals surface area contributed by atoms with Gasteiger partial charge < -0.3 is 28.8 Å². The molecular formula is C37H52O6Si. The zero-order valence-corrected chi connectivity index (χ0v) is 27.8. The van der Waals surface area contributed by atoms with Crippen LogP contribution in [0.5, 0.6) is 0 Å². The SMILES string of the molecule is C=CC[C@@H]1O[C@@H]2C[C@@H]3O[C@H](CCO)C=C([Si](CC)(CC)CC)C[C@H]3O[C@H]2[C@H](OCc2ccccc2)[C@H]1OCc1ccccc1. The van der Waals surface area contributed by atoms with E-state index < -0.39 is 8.07 Å². The first-order chi connectivity index (χ1) is 21.5. The minimum absolute atomic E-state index is 0.0973. The number of hydrogen-bond donors (Lipinski definition) is 1. The minimum Gasteiger partial charge on any atom is -0.396 e. The van der Waals surface area contributed by atoms with Crippen LogP contribution < -0.4 is 0 Å². The molecule has 3 aliphatic rings. The van der Waals surface area contributed by atoms with Crippen molar-refractivity contribution in [1.29, 1.82) is 0 Å². The normalized spacial score (nSPS) is 30.5. The second-order valence-electron chi connectivity index (χ2n) is 12.6. The number of aliphatic hydroxyl groups is 1. The first kappa shape index (κ1) is 33.3. The van der Waals surface area contributed by atoms with Crippen molar-refractivity contribution in [2.75, 3.05) is 6.61 Å². The summed E-state index contributed by atoms with van der Waals surface area (Å²) in [6, 6.07) is 24.2. The summed E-state index contributed by atoms with van der Waals surface area (Å²) in [5.74, 6) is 0. The maximum atomic E-state index is 9.90. The fourth-order valence-electron chi connectivity index (χ4n) is 7.49. The van der Waals surface area contributed by atoms with E-state index in [0.717, 1.165) is 24.0 Å². The monoisotopic (exact) mass is 620 g/mol.